The van der Waals surface area contributed by atoms with E-state index < -0.39 is 21.5 Å². The molecular formula is C28H31Cl2SiZr. The van der Waals surface area contributed by atoms with E-state index in [9.17, 15) is 0 Å². The Kier molecular flexibility index (Phi) is 5.78. The summed E-state index contributed by atoms with van der Waals surface area (Å²) in [5.74, 6) is -0.490. The van der Waals surface area contributed by atoms with Crippen LogP contribution in [0.25, 0.3) is 17.2 Å². The summed E-state index contributed by atoms with van der Waals surface area (Å²) in [7, 11) is 16.2. The van der Waals surface area contributed by atoms with Crippen molar-refractivity contribution in [3.63, 3.8) is 0 Å². The minimum absolute atomic E-state index is 0.151. The van der Waals surface area contributed by atoms with Crippen molar-refractivity contribution in [2.45, 2.75) is 42.9 Å². The van der Waals surface area contributed by atoms with Crippen LogP contribution < -0.4 is 3.27 Å². The van der Waals surface area contributed by atoms with E-state index in [0.717, 1.165) is 6.42 Å². The number of halogens is 2. The van der Waals surface area contributed by atoms with Crippen molar-refractivity contribution in [2.24, 2.45) is 5.92 Å². The molecule has 3 aromatic rings. The van der Waals surface area contributed by atoms with Gasteiger partial charge >= 0.3 is 203 Å². The molecule has 165 valence electrons. The minimum atomic E-state index is -4.50. The maximum atomic E-state index is 8.10. The summed E-state index contributed by atoms with van der Waals surface area (Å²) in [6.45, 7) is 9.42. The van der Waals surface area contributed by atoms with Crippen molar-refractivity contribution in [1.82, 2.24) is 0 Å². The first kappa shape index (κ1) is 22.9. The SMILES string of the molecule is CC(C)CC1c2ccccc2-c2ccc[c]([Zr]([Cl])([Cl])([CH]3C=Cc4ccccc43)[SiH](C)C)c21. The molecule has 0 amide bonds. The molecule has 0 fully saturated rings. The van der Waals surface area contributed by atoms with Gasteiger partial charge in [0.05, 0.1) is 0 Å². The van der Waals surface area contributed by atoms with Crippen LogP contribution in [-0.4, -0.2) is 5.92 Å². The number of hydrogen-bond donors (Lipinski definition) is 0. The molecule has 0 radical (unpaired) electrons. The Morgan fingerprint density at radius 3 is 2.22 bits per heavy atom. The normalized spacial score (nSPS) is 20.2. The van der Waals surface area contributed by atoms with Crippen molar-refractivity contribution in [3.05, 3.63) is 95.1 Å². The second kappa shape index (κ2) is 8.09. The van der Waals surface area contributed by atoms with E-state index in [1.807, 2.05) is 0 Å². The predicted octanol–water partition coefficient (Wildman–Crippen LogP) is 8.22. The van der Waals surface area contributed by atoms with E-state index in [4.69, 9.17) is 17.0 Å². The number of fused-ring (bicyclic) bond motifs is 4. The molecule has 4 heteroatoms. The van der Waals surface area contributed by atoms with Gasteiger partial charge < -0.3 is 0 Å². The molecule has 0 N–H and O–H groups in total. The van der Waals surface area contributed by atoms with Gasteiger partial charge in [0.25, 0.3) is 0 Å². The van der Waals surface area contributed by atoms with Gasteiger partial charge in [-0.05, 0) is 0 Å². The third kappa shape index (κ3) is 3.24. The number of hydrogen-bond acceptors (Lipinski definition) is 0. The number of allylic oxidation sites excluding steroid dienone is 1. The van der Waals surface area contributed by atoms with Crippen LogP contribution in [0, 0.1) is 5.92 Å². The third-order valence-corrected chi connectivity index (χ3v) is 57.7. The molecule has 0 aliphatic heterocycles. The van der Waals surface area contributed by atoms with Gasteiger partial charge in [-0.3, -0.25) is 0 Å². The van der Waals surface area contributed by atoms with Gasteiger partial charge in [0.2, 0.25) is 0 Å². The number of benzene rings is 3. The van der Waals surface area contributed by atoms with E-state index in [-0.39, 0.29) is 3.63 Å². The van der Waals surface area contributed by atoms with Gasteiger partial charge in [0.15, 0.2) is 0 Å². The molecule has 32 heavy (non-hydrogen) atoms. The third-order valence-electron chi connectivity index (χ3n) is 7.73. The fraction of sp³-hybridized carbons (Fsp3) is 0.286. The van der Waals surface area contributed by atoms with Crippen molar-refractivity contribution < 1.29 is 15.6 Å². The van der Waals surface area contributed by atoms with Crippen LogP contribution in [0.2, 0.25) is 13.1 Å². The summed E-state index contributed by atoms with van der Waals surface area (Å²) in [5, 5.41) is 0. The molecule has 0 nitrogen and oxygen atoms in total. The van der Waals surface area contributed by atoms with Crippen LogP contribution in [0.1, 0.15) is 52.1 Å². The molecule has 0 bridgehead atoms. The van der Waals surface area contributed by atoms with Crippen LogP contribution in [0.4, 0.5) is 0 Å². The average Bonchev–Trinajstić information content (AvgIpc) is 3.34. The molecule has 2 aliphatic rings. The number of rotatable bonds is 5. The Morgan fingerprint density at radius 1 is 0.844 bits per heavy atom. The van der Waals surface area contributed by atoms with E-state index in [0.29, 0.717) is 11.8 Å². The molecule has 2 atom stereocenters. The average molecular weight is 558 g/mol. The van der Waals surface area contributed by atoms with Crippen molar-refractivity contribution in [1.29, 1.82) is 0 Å². The summed E-state index contributed by atoms with van der Waals surface area (Å²) in [5.41, 5.74) is 8.23. The standard InChI is InChI=1S/C17H17.C9H7.C2H7Si.2ClH.Zr/c1-12(2)11-17-15-9-5-3-7-13(15)14-8-4-6-10-16(14)17;1-2-5-9-7-3-6-8(9)4-1;1-3-2;;;/h3-9,12,17H,11H2,1-2H3;1-7H;3H,1-2H3;2*1H;/q;;;;;+2/p-2. The molecule has 0 aromatic heterocycles. The van der Waals surface area contributed by atoms with E-state index in [2.05, 4.69) is 106 Å². The van der Waals surface area contributed by atoms with Crippen molar-refractivity contribution in [3.8, 4) is 11.1 Å². The zero-order chi connectivity index (χ0) is 22.7. The van der Waals surface area contributed by atoms with Gasteiger partial charge in [-0.15, -0.1) is 0 Å². The monoisotopic (exact) mass is 555 g/mol. The topological polar surface area (TPSA) is 0 Å². The summed E-state index contributed by atoms with van der Waals surface area (Å²) in [6, 6.07) is 24.4. The van der Waals surface area contributed by atoms with Gasteiger partial charge in [-0.25, -0.2) is 0 Å². The second-order valence-electron chi connectivity index (χ2n) is 10.3. The maximum absolute atomic E-state index is 8.10. The van der Waals surface area contributed by atoms with Crippen LogP contribution >= 0.6 is 17.0 Å². The van der Waals surface area contributed by atoms with Crippen LogP contribution in [0.5, 0.6) is 0 Å². The van der Waals surface area contributed by atoms with Crippen molar-refractivity contribution in [2.75, 3.05) is 0 Å². The summed E-state index contributed by atoms with van der Waals surface area (Å²) in [4.78, 5) is 0. The Labute approximate surface area is 201 Å². The summed E-state index contributed by atoms with van der Waals surface area (Å²) < 4.78 is 1.49. The van der Waals surface area contributed by atoms with Crippen LogP contribution in [0.15, 0.2) is 72.8 Å². The molecule has 0 spiro atoms. The molecular weight excluding hydrogens is 527 g/mol. The fourth-order valence-electron chi connectivity index (χ4n) is 6.06. The molecule has 2 unspecified atom stereocenters. The van der Waals surface area contributed by atoms with Crippen molar-refractivity contribution >= 4 is 32.3 Å². The van der Waals surface area contributed by atoms with Gasteiger partial charge in [-0.2, -0.15) is 0 Å². The molecule has 2 aliphatic carbocycles. The molecule has 3 aromatic carbocycles. The molecule has 0 heterocycles. The van der Waals surface area contributed by atoms with E-state index in [1.54, 1.807) is 0 Å². The van der Waals surface area contributed by atoms with Gasteiger partial charge in [0, 0.05) is 0 Å². The summed E-state index contributed by atoms with van der Waals surface area (Å²) in [6.07, 6.45) is 5.71. The second-order valence-corrected chi connectivity index (χ2v) is 51.9. The van der Waals surface area contributed by atoms with E-state index in [1.165, 1.54) is 36.7 Å². The Morgan fingerprint density at radius 2 is 1.50 bits per heavy atom. The Bertz CT molecular complexity index is 1230. The van der Waals surface area contributed by atoms with Gasteiger partial charge in [0.1, 0.15) is 0 Å². The molecule has 0 saturated heterocycles. The molecule has 5 rings (SSSR count). The van der Waals surface area contributed by atoms with E-state index >= 15 is 0 Å². The zero-order valence-electron chi connectivity index (χ0n) is 19.3. The fourth-order valence-corrected chi connectivity index (χ4v) is 31.7. The quantitative estimate of drug-likeness (QED) is 0.277. The van der Waals surface area contributed by atoms with Crippen LogP contribution in [0.3, 0.4) is 0 Å². The van der Waals surface area contributed by atoms with Crippen LogP contribution in [-0.2, 0) is 15.6 Å². The summed E-state index contributed by atoms with van der Waals surface area (Å²) >= 11 is -4.50. The first-order valence-electron chi connectivity index (χ1n) is 11.8. The zero-order valence-corrected chi connectivity index (χ0v) is 24.4. The first-order valence-corrected chi connectivity index (χ1v) is 27.9. The Balaban J connectivity index is 1.80. The molecule has 0 saturated carbocycles. The van der Waals surface area contributed by atoms with Gasteiger partial charge in [-0.1, -0.05) is 0 Å². The predicted molar refractivity (Wildman–Crippen MR) is 142 cm³/mol. The first-order chi connectivity index (χ1) is 15.2. The Hall–Kier alpha value is -0.920.